The number of aromatic nitrogens is 3. The van der Waals surface area contributed by atoms with Crippen molar-refractivity contribution in [2.75, 3.05) is 31.5 Å². The first-order chi connectivity index (χ1) is 14.2. The number of halogens is 1. The third-order valence-corrected chi connectivity index (χ3v) is 5.66. The Morgan fingerprint density at radius 2 is 1.93 bits per heavy atom. The summed E-state index contributed by atoms with van der Waals surface area (Å²) in [6.07, 6.45) is 7.48. The van der Waals surface area contributed by atoms with Crippen molar-refractivity contribution in [3.63, 3.8) is 0 Å². The molecule has 29 heavy (non-hydrogen) atoms. The summed E-state index contributed by atoms with van der Waals surface area (Å²) in [4.78, 5) is 26.0. The number of fused-ring (bicyclic) bond motifs is 1. The van der Waals surface area contributed by atoms with Crippen LogP contribution < -0.4 is 5.32 Å². The van der Waals surface area contributed by atoms with E-state index in [0.717, 1.165) is 44.3 Å². The molecular weight excluding hydrogens is 371 g/mol. The van der Waals surface area contributed by atoms with Gasteiger partial charge in [0.2, 0.25) is 5.82 Å². The third kappa shape index (κ3) is 3.86. The number of hydrogen-bond donors (Lipinski definition) is 1. The summed E-state index contributed by atoms with van der Waals surface area (Å²) >= 11 is 0. The van der Waals surface area contributed by atoms with E-state index in [1.54, 1.807) is 18.5 Å². The first-order valence-electron chi connectivity index (χ1n) is 10.0. The maximum atomic E-state index is 13.8. The van der Waals surface area contributed by atoms with Crippen LogP contribution in [0.5, 0.6) is 0 Å². The Labute approximate surface area is 168 Å². The van der Waals surface area contributed by atoms with E-state index in [-0.39, 0.29) is 11.3 Å². The molecule has 2 fully saturated rings. The van der Waals surface area contributed by atoms with Gasteiger partial charge < -0.3 is 5.32 Å². The van der Waals surface area contributed by atoms with Gasteiger partial charge in [0.15, 0.2) is 0 Å². The van der Waals surface area contributed by atoms with E-state index >= 15 is 0 Å². The molecule has 3 aromatic heterocycles. The third-order valence-electron chi connectivity index (χ3n) is 5.66. The van der Waals surface area contributed by atoms with Crippen molar-refractivity contribution in [3.05, 3.63) is 60.1 Å². The van der Waals surface area contributed by atoms with Crippen LogP contribution in [-0.4, -0.2) is 62.3 Å². The molecule has 5 rings (SSSR count). The number of hydrogen-bond acceptors (Lipinski definition) is 5. The van der Waals surface area contributed by atoms with Gasteiger partial charge in [-0.05, 0) is 36.6 Å². The fourth-order valence-electron chi connectivity index (χ4n) is 3.90. The summed E-state index contributed by atoms with van der Waals surface area (Å²) in [6.45, 7) is 5.32. The van der Waals surface area contributed by atoms with Gasteiger partial charge in [0.1, 0.15) is 17.2 Å². The van der Waals surface area contributed by atoms with E-state index in [0.29, 0.717) is 5.82 Å². The molecule has 3 aromatic rings. The van der Waals surface area contributed by atoms with Gasteiger partial charge in [-0.15, -0.1) is 0 Å². The zero-order valence-electron chi connectivity index (χ0n) is 16.1. The number of imidazole rings is 1. The smallest absolute Gasteiger partial charge is 0.293 e. The van der Waals surface area contributed by atoms with E-state index in [9.17, 15) is 9.18 Å². The van der Waals surface area contributed by atoms with Crippen molar-refractivity contribution in [1.82, 2.24) is 24.2 Å². The van der Waals surface area contributed by atoms with E-state index in [2.05, 4.69) is 25.1 Å². The average Bonchev–Trinajstić information content (AvgIpc) is 3.49. The molecule has 0 atom stereocenters. The summed E-state index contributed by atoms with van der Waals surface area (Å²) in [6, 6.07) is 7.50. The number of carbonyl (C=O) groups excluding carboxylic acids is 1. The number of nitrogens with one attached hydrogen (secondary N) is 1. The Morgan fingerprint density at radius 1 is 1.10 bits per heavy atom. The van der Waals surface area contributed by atoms with Crippen LogP contribution in [0.1, 0.15) is 29.0 Å². The highest BCUT2D eigenvalue weighted by molar-refractivity contribution is 6.01. The SMILES string of the molecule is O=C(Nc1ccc(CN2CCN(C3CC3)CC2)cn1)c1ncc2c(F)cccn12. The number of anilines is 1. The first kappa shape index (κ1) is 18.2. The standard InChI is InChI=1S/C21H23FN6O/c22-17-2-1-7-28-18(17)13-24-20(28)21(29)25-19-6-3-15(12-23-19)14-26-8-10-27(11-9-26)16-4-5-16/h1-3,6-7,12-13,16H,4-5,8-11,14H2,(H,23,25,29). The molecule has 1 N–H and O–H groups in total. The molecule has 0 bridgehead atoms. The van der Waals surface area contributed by atoms with Gasteiger partial charge in [0.25, 0.3) is 5.91 Å². The van der Waals surface area contributed by atoms with Crippen molar-refractivity contribution >= 4 is 17.2 Å². The number of pyridine rings is 2. The van der Waals surface area contributed by atoms with Gasteiger partial charge in [-0.25, -0.2) is 14.4 Å². The number of rotatable bonds is 5. The Bertz CT molecular complexity index is 1020. The lowest BCUT2D eigenvalue weighted by atomic mass is 10.2. The normalized spacial score (nSPS) is 18.2. The van der Waals surface area contributed by atoms with Gasteiger partial charge in [-0.3, -0.25) is 19.0 Å². The molecule has 4 heterocycles. The van der Waals surface area contributed by atoms with Crippen LogP contribution >= 0.6 is 0 Å². The quantitative estimate of drug-likeness (QED) is 0.720. The average molecular weight is 394 g/mol. The van der Waals surface area contributed by atoms with Crippen LogP contribution in [0.25, 0.3) is 5.52 Å². The molecule has 1 saturated heterocycles. The highest BCUT2D eigenvalue weighted by atomic mass is 19.1. The van der Waals surface area contributed by atoms with Crippen LogP contribution in [0, 0.1) is 5.82 Å². The minimum Gasteiger partial charge on any atom is -0.304 e. The van der Waals surface area contributed by atoms with Gasteiger partial charge in [-0.1, -0.05) is 6.07 Å². The molecule has 0 radical (unpaired) electrons. The molecule has 1 amide bonds. The van der Waals surface area contributed by atoms with Crippen LogP contribution in [0.2, 0.25) is 0 Å². The maximum absolute atomic E-state index is 13.8. The number of piperazine rings is 1. The van der Waals surface area contributed by atoms with Gasteiger partial charge in [0, 0.05) is 51.2 Å². The fraction of sp³-hybridized carbons (Fsp3) is 0.381. The second-order valence-corrected chi connectivity index (χ2v) is 7.74. The second-order valence-electron chi connectivity index (χ2n) is 7.74. The lowest BCUT2D eigenvalue weighted by Gasteiger charge is -2.34. The highest BCUT2D eigenvalue weighted by Gasteiger charge is 2.31. The van der Waals surface area contributed by atoms with E-state index in [1.165, 1.54) is 35.6 Å². The van der Waals surface area contributed by atoms with Crippen molar-refractivity contribution in [2.24, 2.45) is 0 Å². The van der Waals surface area contributed by atoms with Crippen molar-refractivity contribution < 1.29 is 9.18 Å². The second kappa shape index (κ2) is 7.53. The van der Waals surface area contributed by atoms with Crippen LogP contribution in [0.3, 0.4) is 0 Å². The zero-order chi connectivity index (χ0) is 19.8. The van der Waals surface area contributed by atoms with Crippen LogP contribution in [0.15, 0.2) is 42.9 Å². The Balaban J connectivity index is 1.20. The molecule has 2 aliphatic rings. The molecular formula is C21H23FN6O. The highest BCUT2D eigenvalue weighted by Crippen LogP contribution is 2.27. The zero-order valence-corrected chi connectivity index (χ0v) is 16.1. The summed E-state index contributed by atoms with van der Waals surface area (Å²) in [5.74, 6) is -0.268. The summed E-state index contributed by atoms with van der Waals surface area (Å²) < 4.78 is 15.2. The van der Waals surface area contributed by atoms with E-state index in [4.69, 9.17) is 0 Å². The summed E-state index contributed by atoms with van der Waals surface area (Å²) in [5, 5.41) is 2.74. The molecule has 7 nitrogen and oxygen atoms in total. The molecule has 1 aliphatic heterocycles. The van der Waals surface area contributed by atoms with Crippen molar-refractivity contribution in [3.8, 4) is 0 Å². The van der Waals surface area contributed by atoms with Crippen LogP contribution in [-0.2, 0) is 6.54 Å². The van der Waals surface area contributed by atoms with Gasteiger partial charge in [-0.2, -0.15) is 0 Å². The summed E-state index contributed by atoms with van der Waals surface area (Å²) in [5.41, 5.74) is 1.39. The van der Waals surface area contributed by atoms with Crippen molar-refractivity contribution in [1.29, 1.82) is 0 Å². The largest absolute Gasteiger partial charge is 0.304 e. The minimum atomic E-state index is -0.424. The summed E-state index contributed by atoms with van der Waals surface area (Å²) in [7, 11) is 0. The van der Waals surface area contributed by atoms with Gasteiger partial charge in [0.05, 0.1) is 6.20 Å². The van der Waals surface area contributed by atoms with Crippen molar-refractivity contribution in [2.45, 2.75) is 25.4 Å². The monoisotopic (exact) mass is 394 g/mol. The number of carbonyl (C=O) groups is 1. The molecule has 1 aliphatic carbocycles. The maximum Gasteiger partial charge on any atom is 0.293 e. The molecule has 0 aromatic carbocycles. The Kier molecular flexibility index (Phi) is 4.73. The molecule has 0 spiro atoms. The number of nitrogens with zero attached hydrogens (tertiary/aromatic N) is 5. The Morgan fingerprint density at radius 3 is 2.66 bits per heavy atom. The number of amides is 1. The molecule has 150 valence electrons. The molecule has 8 heteroatoms. The van der Waals surface area contributed by atoms with E-state index < -0.39 is 11.7 Å². The van der Waals surface area contributed by atoms with E-state index in [1.807, 2.05) is 6.07 Å². The predicted octanol–water partition coefficient (Wildman–Crippen LogP) is 2.40. The molecule has 0 unspecified atom stereocenters. The van der Waals surface area contributed by atoms with Crippen LogP contribution in [0.4, 0.5) is 10.2 Å². The predicted molar refractivity (Wildman–Crippen MR) is 107 cm³/mol. The Hall–Kier alpha value is -2.84. The topological polar surface area (TPSA) is 65.8 Å². The fourth-order valence-corrected chi connectivity index (χ4v) is 3.90. The van der Waals surface area contributed by atoms with Gasteiger partial charge >= 0.3 is 0 Å². The molecule has 1 saturated carbocycles. The minimum absolute atomic E-state index is 0.124. The lowest BCUT2D eigenvalue weighted by molar-refractivity contribution is 0.101. The first-order valence-corrected chi connectivity index (χ1v) is 10.0. The lowest BCUT2D eigenvalue weighted by Crippen LogP contribution is -2.46.